The van der Waals surface area contributed by atoms with E-state index in [-0.39, 0.29) is 0 Å². The van der Waals surface area contributed by atoms with E-state index >= 15 is 0 Å². The minimum atomic E-state index is 0.448. The van der Waals surface area contributed by atoms with Crippen LogP contribution in [0.3, 0.4) is 0 Å². The summed E-state index contributed by atoms with van der Waals surface area (Å²) in [7, 11) is 1.69. The van der Waals surface area contributed by atoms with Gasteiger partial charge in [-0.3, -0.25) is 0 Å². The molecule has 1 saturated heterocycles. The van der Waals surface area contributed by atoms with Crippen molar-refractivity contribution in [3.8, 4) is 28.2 Å². The van der Waals surface area contributed by atoms with Crippen molar-refractivity contribution >= 4 is 16.7 Å². The quantitative estimate of drug-likeness (QED) is 0.462. The molecule has 2 aromatic rings. The molecule has 0 spiro atoms. The number of rotatable bonds is 3. The van der Waals surface area contributed by atoms with Crippen molar-refractivity contribution in [1.29, 1.82) is 5.41 Å². The number of fused-ring (bicyclic) bond motifs is 2. The number of ether oxygens (including phenoxy) is 1. The maximum atomic E-state index is 8.04. The molecule has 0 atom stereocenters. The van der Waals surface area contributed by atoms with Gasteiger partial charge in [0.2, 0.25) is 0 Å². The zero-order valence-corrected chi connectivity index (χ0v) is 16.6. The van der Waals surface area contributed by atoms with Crippen LogP contribution in [0.1, 0.15) is 19.3 Å². The first-order valence-electron chi connectivity index (χ1n) is 10.2. The summed E-state index contributed by atoms with van der Waals surface area (Å²) in [5.41, 5.74) is 5.26. The second kappa shape index (κ2) is 7.28. The Morgan fingerprint density at radius 2 is 1.79 bits per heavy atom. The molecule has 5 rings (SSSR count). The van der Waals surface area contributed by atoms with E-state index in [2.05, 4.69) is 35.2 Å². The van der Waals surface area contributed by atoms with Crippen LogP contribution in [0.4, 0.5) is 5.69 Å². The smallest absolute Gasteiger partial charge is 0.137 e. The van der Waals surface area contributed by atoms with Crippen LogP contribution in [-0.2, 0) is 0 Å². The van der Waals surface area contributed by atoms with Crippen LogP contribution >= 0.6 is 0 Å². The number of benzene rings is 3. The maximum Gasteiger partial charge on any atom is 0.137 e. The third-order valence-corrected chi connectivity index (χ3v) is 5.79. The van der Waals surface area contributed by atoms with E-state index in [9.17, 15) is 0 Å². The second-order valence-corrected chi connectivity index (χ2v) is 7.65. The van der Waals surface area contributed by atoms with Crippen molar-refractivity contribution < 1.29 is 9.15 Å². The van der Waals surface area contributed by atoms with E-state index in [1.165, 1.54) is 24.9 Å². The van der Waals surface area contributed by atoms with Crippen LogP contribution < -0.4 is 15.0 Å². The second-order valence-electron chi connectivity index (χ2n) is 7.65. The lowest BCUT2D eigenvalue weighted by Gasteiger charge is -2.29. The van der Waals surface area contributed by atoms with E-state index in [0.717, 1.165) is 52.3 Å². The van der Waals surface area contributed by atoms with Crippen LogP contribution in [0, 0.1) is 5.41 Å². The molecule has 1 aliphatic carbocycles. The van der Waals surface area contributed by atoms with Crippen molar-refractivity contribution in [2.75, 3.05) is 25.1 Å². The summed E-state index contributed by atoms with van der Waals surface area (Å²) in [5.74, 6) is 1.56. The summed E-state index contributed by atoms with van der Waals surface area (Å²) >= 11 is 0. The number of nitrogens with one attached hydrogen (secondary N) is 1. The summed E-state index contributed by atoms with van der Waals surface area (Å²) in [6.45, 7) is 2.19. The Balaban J connectivity index is 1.77. The van der Waals surface area contributed by atoms with E-state index in [1.807, 2.05) is 24.3 Å². The number of methoxy groups -OCH3 is 1. The van der Waals surface area contributed by atoms with Gasteiger partial charge in [-0.15, -0.1) is 0 Å². The normalized spacial score (nSPS) is 14.4. The molecular weight excluding hydrogens is 360 g/mol. The topological polar surface area (TPSA) is 49.5 Å². The zero-order valence-electron chi connectivity index (χ0n) is 16.6. The third-order valence-electron chi connectivity index (χ3n) is 5.79. The molecule has 146 valence electrons. The Morgan fingerprint density at radius 3 is 2.62 bits per heavy atom. The molecule has 0 radical (unpaired) electrons. The van der Waals surface area contributed by atoms with Crippen LogP contribution in [0.25, 0.3) is 33.4 Å². The van der Waals surface area contributed by atoms with E-state index in [4.69, 9.17) is 14.6 Å². The monoisotopic (exact) mass is 384 g/mol. The van der Waals surface area contributed by atoms with E-state index in [1.54, 1.807) is 13.2 Å². The minimum Gasteiger partial charge on any atom is -0.497 e. The van der Waals surface area contributed by atoms with Crippen LogP contribution in [-0.4, -0.2) is 20.2 Å². The summed E-state index contributed by atoms with van der Waals surface area (Å²) < 4.78 is 11.8. The molecule has 2 aliphatic heterocycles. The molecule has 0 saturated carbocycles. The highest BCUT2D eigenvalue weighted by molar-refractivity contribution is 6.02. The van der Waals surface area contributed by atoms with Gasteiger partial charge in [0.15, 0.2) is 0 Å². The summed E-state index contributed by atoms with van der Waals surface area (Å²) in [5, 5.41) is 9.56. The Labute approximate surface area is 170 Å². The lowest BCUT2D eigenvalue weighted by Crippen LogP contribution is -2.29. The number of hydrogen-bond acceptors (Lipinski definition) is 4. The Bertz CT molecular complexity index is 1210. The van der Waals surface area contributed by atoms with Crippen LogP contribution in [0.2, 0.25) is 0 Å². The molecule has 4 heteroatoms. The Hall–Kier alpha value is -3.27. The van der Waals surface area contributed by atoms with Gasteiger partial charge < -0.3 is 19.5 Å². The van der Waals surface area contributed by atoms with Gasteiger partial charge in [-0.05, 0) is 61.2 Å². The summed E-state index contributed by atoms with van der Waals surface area (Å²) in [6.07, 6.45) is 3.79. The lowest BCUT2D eigenvalue weighted by atomic mass is 9.93. The fourth-order valence-electron chi connectivity index (χ4n) is 4.32. The Kier molecular flexibility index (Phi) is 4.47. The molecule has 29 heavy (non-hydrogen) atoms. The predicted octanol–water partition coefficient (Wildman–Crippen LogP) is 5.68. The lowest BCUT2D eigenvalue weighted by molar-refractivity contribution is 0.415. The highest BCUT2D eigenvalue weighted by Crippen LogP contribution is 2.41. The van der Waals surface area contributed by atoms with Crippen molar-refractivity contribution in [1.82, 2.24) is 0 Å². The van der Waals surface area contributed by atoms with Gasteiger partial charge in [0.05, 0.1) is 12.5 Å². The highest BCUT2D eigenvalue weighted by atomic mass is 16.5. The fraction of sp³-hybridized carbons (Fsp3) is 0.240. The molecule has 0 bridgehead atoms. The molecule has 4 nitrogen and oxygen atoms in total. The van der Waals surface area contributed by atoms with Crippen molar-refractivity contribution in [2.24, 2.45) is 0 Å². The molecule has 0 unspecified atom stereocenters. The molecule has 2 heterocycles. The molecule has 2 aromatic carbocycles. The van der Waals surface area contributed by atoms with E-state index in [0.29, 0.717) is 5.36 Å². The van der Waals surface area contributed by atoms with Crippen molar-refractivity contribution in [3.63, 3.8) is 0 Å². The Morgan fingerprint density at radius 1 is 0.931 bits per heavy atom. The van der Waals surface area contributed by atoms with Crippen molar-refractivity contribution in [2.45, 2.75) is 19.3 Å². The molecule has 0 aromatic heterocycles. The SMILES string of the molecule is COc1cccc(-c2c3ccc(=N)cc-3oc3cc(N4CCCCC4)ccc23)c1. The first kappa shape index (κ1) is 17.8. The van der Waals surface area contributed by atoms with Gasteiger partial charge in [0.1, 0.15) is 17.1 Å². The van der Waals surface area contributed by atoms with Gasteiger partial charge in [-0.1, -0.05) is 12.1 Å². The minimum absolute atomic E-state index is 0.448. The third kappa shape index (κ3) is 3.25. The average molecular weight is 384 g/mol. The molecule has 0 amide bonds. The van der Waals surface area contributed by atoms with Gasteiger partial charge in [0.25, 0.3) is 0 Å². The van der Waals surface area contributed by atoms with Crippen molar-refractivity contribution in [3.05, 3.63) is 66.0 Å². The van der Waals surface area contributed by atoms with Crippen LogP contribution in [0.15, 0.2) is 65.1 Å². The van der Waals surface area contributed by atoms with Gasteiger partial charge in [-0.2, -0.15) is 0 Å². The average Bonchev–Trinajstić information content (AvgIpc) is 2.77. The number of anilines is 1. The highest BCUT2D eigenvalue weighted by Gasteiger charge is 2.19. The molecule has 1 N–H and O–H groups in total. The van der Waals surface area contributed by atoms with Gasteiger partial charge in [0, 0.05) is 47.4 Å². The summed E-state index contributed by atoms with van der Waals surface area (Å²) in [6, 6.07) is 20.2. The van der Waals surface area contributed by atoms with E-state index < -0.39 is 0 Å². The first-order valence-corrected chi connectivity index (χ1v) is 10.2. The summed E-state index contributed by atoms with van der Waals surface area (Å²) in [4.78, 5) is 2.44. The maximum absolute atomic E-state index is 8.04. The molecule has 1 fully saturated rings. The molecular formula is C25H24N2O2. The number of piperidine rings is 1. The van der Waals surface area contributed by atoms with Crippen LogP contribution in [0.5, 0.6) is 5.75 Å². The van der Waals surface area contributed by atoms with Gasteiger partial charge >= 0.3 is 0 Å². The fourth-order valence-corrected chi connectivity index (χ4v) is 4.32. The predicted molar refractivity (Wildman–Crippen MR) is 117 cm³/mol. The number of hydrogen-bond donors (Lipinski definition) is 1. The van der Waals surface area contributed by atoms with Gasteiger partial charge in [-0.25, -0.2) is 0 Å². The number of nitrogens with zero attached hydrogens (tertiary/aromatic N) is 1. The molecule has 3 aliphatic rings. The first-order chi connectivity index (χ1) is 14.2. The standard InChI is InChI=1S/C25H24N2O2/c1-28-20-7-5-6-17(14-20)25-21-10-8-18(26)15-23(21)29-24-16-19(9-11-22(24)25)27-12-3-2-4-13-27/h5-11,14-16,26H,2-4,12-13H2,1H3. The zero-order chi connectivity index (χ0) is 19.8. The largest absolute Gasteiger partial charge is 0.497 e.